The number of hydrogen-bond donors (Lipinski definition) is 0. The molecule has 2 saturated carbocycles. The van der Waals surface area contributed by atoms with Crippen LogP contribution in [0.1, 0.15) is 62.4 Å². The summed E-state index contributed by atoms with van der Waals surface area (Å²) >= 11 is 0. The first-order chi connectivity index (χ1) is 16.4. The molecule has 180 valence electrons. The molecule has 0 N–H and O–H groups in total. The van der Waals surface area contributed by atoms with Crippen molar-refractivity contribution in [3.05, 3.63) is 71.8 Å². The van der Waals surface area contributed by atoms with Crippen molar-refractivity contribution < 1.29 is 23.9 Å². The number of fused-ring (bicyclic) bond motifs is 1. The van der Waals surface area contributed by atoms with Gasteiger partial charge in [0.15, 0.2) is 11.2 Å². The molecule has 34 heavy (non-hydrogen) atoms. The van der Waals surface area contributed by atoms with Crippen LogP contribution in [0, 0.1) is 23.2 Å². The zero-order chi connectivity index (χ0) is 24.3. The fourth-order valence-corrected chi connectivity index (χ4v) is 6.81. The minimum Gasteiger partial charge on any atom is -0.465 e. The van der Waals surface area contributed by atoms with Crippen LogP contribution in [0.25, 0.3) is 0 Å². The van der Waals surface area contributed by atoms with E-state index in [2.05, 4.69) is 19.1 Å². The fourth-order valence-electron chi connectivity index (χ4n) is 6.81. The quantitative estimate of drug-likeness (QED) is 0.299. The summed E-state index contributed by atoms with van der Waals surface area (Å²) in [5.74, 6) is -1.03. The van der Waals surface area contributed by atoms with Crippen molar-refractivity contribution in [3.8, 4) is 0 Å². The Morgan fingerprint density at radius 1 is 0.824 bits per heavy atom. The summed E-state index contributed by atoms with van der Waals surface area (Å²) in [5.41, 5.74) is 0.0303. The number of Topliss-reactive ketones (excluding diaryl/α,β-unsaturated/α-hetero) is 1. The van der Waals surface area contributed by atoms with Crippen LogP contribution in [0.5, 0.6) is 0 Å². The maximum absolute atomic E-state index is 13.9. The molecule has 0 spiro atoms. The van der Waals surface area contributed by atoms with Crippen molar-refractivity contribution in [1.82, 2.24) is 0 Å². The molecule has 4 rings (SSSR count). The first kappa shape index (κ1) is 24.2. The Labute approximate surface area is 201 Å². The van der Waals surface area contributed by atoms with E-state index in [1.54, 1.807) is 13.8 Å². The normalized spacial score (nSPS) is 27.1. The van der Waals surface area contributed by atoms with Gasteiger partial charge >= 0.3 is 11.9 Å². The van der Waals surface area contributed by atoms with E-state index in [1.165, 1.54) is 0 Å². The lowest BCUT2D eigenvalue weighted by Gasteiger charge is -2.41. The average molecular weight is 463 g/mol. The van der Waals surface area contributed by atoms with Crippen molar-refractivity contribution in [2.24, 2.45) is 23.2 Å². The van der Waals surface area contributed by atoms with Gasteiger partial charge in [0.2, 0.25) is 0 Å². The SMILES string of the molecule is CCOC(=O)C1(C(=O)OCC)C[C@@H]2C[C@H](C(=O)c3ccccc3)[C@@](CC)(c3ccccc3)[C@@H]2C1. The molecule has 2 aromatic rings. The van der Waals surface area contributed by atoms with Gasteiger partial charge in [0, 0.05) is 16.9 Å². The van der Waals surface area contributed by atoms with Crippen molar-refractivity contribution >= 4 is 17.7 Å². The van der Waals surface area contributed by atoms with Gasteiger partial charge < -0.3 is 9.47 Å². The molecule has 0 saturated heterocycles. The highest BCUT2D eigenvalue weighted by Crippen LogP contribution is 2.65. The van der Waals surface area contributed by atoms with Gasteiger partial charge in [0.05, 0.1) is 13.2 Å². The van der Waals surface area contributed by atoms with Gasteiger partial charge in [-0.2, -0.15) is 0 Å². The van der Waals surface area contributed by atoms with Crippen LogP contribution in [0.3, 0.4) is 0 Å². The van der Waals surface area contributed by atoms with E-state index in [1.807, 2.05) is 48.5 Å². The van der Waals surface area contributed by atoms with Crippen molar-refractivity contribution in [2.45, 2.75) is 51.9 Å². The third-order valence-electron chi connectivity index (χ3n) is 8.17. The smallest absolute Gasteiger partial charge is 0.323 e. The number of hydrogen-bond acceptors (Lipinski definition) is 5. The number of ketones is 1. The third-order valence-corrected chi connectivity index (χ3v) is 8.17. The molecular weight excluding hydrogens is 428 g/mol. The van der Waals surface area contributed by atoms with Crippen LogP contribution in [0.4, 0.5) is 0 Å². The Bertz CT molecular complexity index is 1010. The van der Waals surface area contributed by atoms with Crippen LogP contribution in [-0.2, 0) is 24.5 Å². The molecule has 0 heterocycles. The number of esters is 2. The van der Waals surface area contributed by atoms with Gasteiger partial charge in [-0.15, -0.1) is 0 Å². The van der Waals surface area contributed by atoms with E-state index in [0.717, 1.165) is 12.0 Å². The topological polar surface area (TPSA) is 69.7 Å². The van der Waals surface area contributed by atoms with Crippen LogP contribution >= 0.6 is 0 Å². The van der Waals surface area contributed by atoms with Crippen molar-refractivity contribution in [3.63, 3.8) is 0 Å². The fraction of sp³-hybridized carbons (Fsp3) is 0.483. The average Bonchev–Trinajstić information content (AvgIpc) is 3.40. The van der Waals surface area contributed by atoms with E-state index < -0.39 is 22.8 Å². The van der Waals surface area contributed by atoms with E-state index in [9.17, 15) is 14.4 Å². The molecule has 5 heteroatoms. The van der Waals surface area contributed by atoms with Gasteiger partial charge in [-0.3, -0.25) is 14.4 Å². The van der Waals surface area contributed by atoms with Crippen molar-refractivity contribution in [2.75, 3.05) is 13.2 Å². The molecular formula is C29H34O5. The van der Waals surface area contributed by atoms with E-state index >= 15 is 0 Å². The Morgan fingerprint density at radius 2 is 1.38 bits per heavy atom. The van der Waals surface area contributed by atoms with Crippen LogP contribution in [0.2, 0.25) is 0 Å². The van der Waals surface area contributed by atoms with Crippen LogP contribution < -0.4 is 0 Å². The molecule has 2 aromatic carbocycles. The molecule has 2 aliphatic carbocycles. The standard InChI is InChI=1S/C29H34O5/c1-4-29(22-15-11-8-12-16-22)23(25(30)20-13-9-7-10-14-20)17-21-18-28(19-24(21)29,26(31)33-5-2)27(32)34-6-3/h7-16,21,23-24H,4-6,17-19H2,1-3H3/t21-,23+,24+,29+/m0/s1. The zero-order valence-corrected chi connectivity index (χ0v) is 20.3. The number of carbonyl (C=O) groups excluding carboxylic acids is 3. The Morgan fingerprint density at radius 3 is 1.91 bits per heavy atom. The lowest BCUT2D eigenvalue weighted by atomic mass is 9.62. The summed E-state index contributed by atoms with van der Waals surface area (Å²) in [4.78, 5) is 40.3. The number of ether oxygens (including phenoxy) is 2. The van der Waals surface area contributed by atoms with E-state index in [0.29, 0.717) is 24.8 Å². The second-order valence-corrected chi connectivity index (χ2v) is 9.58. The minimum atomic E-state index is -1.31. The second kappa shape index (κ2) is 9.73. The molecule has 5 nitrogen and oxygen atoms in total. The minimum absolute atomic E-state index is 0.00799. The summed E-state index contributed by atoms with van der Waals surface area (Å²) in [6.07, 6.45) is 2.09. The zero-order valence-electron chi connectivity index (χ0n) is 20.3. The Kier molecular flexibility index (Phi) is 6.92. The maximum Gasteiger partial charge on any atom is 0.323 e. The molecule has 0 radical (unpaired) electrons. The first-order valence-electron chi connectivity index (χ1n) is 12.4. The lowest BCUT2D eigenvalue weighted by molar-refractivity contribution is -0.172. The second-order valence-electron chi connectivity index (χ2n) is 9.58. The summed E-state index contributed by atoms with van der Waals surface area (Å²) in [5, 5.41) is 0. The van der Waals surface area contributed by atoms with E-state index in [-0.39, 0.29) is 36.8 Å². The maximum atomic E-state index is 13.9. The predicted molar refractivity (Wildman–Crippen MR) is 129 cm³/mol. The van der Waals surface area contributed by atoms with Gasteiger partial charge in [0.1, 0.15) is 0 Å². The van der Waals surface area contributed by atoms with Gasteiger partial charge in [-0.1, -0.05) is 67.6 Å². The Hall–Kier alpha value is -2.95. The van der Waals surface area contributed by atoms with Gasteiger partial charge in [0.25, 0.3) is 0 Å². The molecule has 4 atom stereocenters. The molecule has 0 aromatic heterocycles. The molecule has 2 fully saturated rings. The highest BCUT2D eigenvalue weighted by Gasteiger charge is 2.67. The number of carbonyl (C=O) groups is 3. The number of benzene rings is 2. The Balaban J connectivity index is 1.81. The van der Waals surface area contributed by atoms with Crippen molar-refractivity contribution in [1.29, 1.82) is 0 Å². The third kappa shape index (κ3) is 3.75. The summed E-state index contributed by atoms with van der Waals surface area (Å²) in [6, 6.07) is 19.6. The summed E-state index contributed by atoms with van der Waals surface area (Å²) in [7, 11) is 0. The van der Waals surface area contributed by atoms with Crippen LogP contribution in [0.15, 0.2) is 60.7 Å². The predicted octanol–water partition coefficient (Wildman–Crippen LogP) is 5.38. The molecule has 0 bridgehead atoms. The monoisotopic (exact) mass is 462 g/mol. The van der Waals surface area contributed by atoms with Crippen LogP contribution in [-0.4, -0.2) is 30.9 Å². The van der Waals surface area contributed by atoms with Gasteiger partial charge in [-0.05, 0) is 56.9 Å². The highest BCUT2D eigenvalue weighted by atomic mass is 16.6. The number of rotatable bonds is 8. The summed E-state index contributed by atoms with van der Waals surface area (Å²) < 4.78 is 10.8. The summed E-state index contributed by atoms with van der Waals surface area (Å²) in [6.45, 7) is 6.04. The van der Waals surface area contributed by atoms with Gasteiger partial charge in [-0.25, -0.2) is 0 Å². The molecule has 2 aliphatic rings. The highest BCUT2D eigenvalue weighted by molar-refractivity contribution is 6.01. The van der Waals surface area contributed by atoms with E-state index in [4.69, 9.17) is 9.47 Å². The lowest BCUT2D eigenvalue weighted by Crippen LogP contribution is -2.45. The molecule has 0 amide bonds. The molecule has 0 aliphatic heterocycles. The molecule has 0 unspecified atom stereocenters. The first-order valence-corrected chi connectivity index (χ1v) is 12.4. The largest absolute Gasteiger partial charge is 0.465 e.